The molecule has 0 aliphatic carbocycles. The summed E-state index contributed by atoms with van der Waals surface area (Å²) in [5.74, 6) is 0.708. The molecule has 2 rings (SSSR count). The number of ether oxygens (including phenoxy) is 1. The highest BCUT2D eigenvalue weighted by atomic mass is 16.5. The molecule has 0 spiro atoms. The Balaban J connectivity index is 2.27. The molecule has 0 fully saturated rings. The van der Waals surface area contributed by atoms with Crippen molar-refractivity contribution in [2.45, 2.75) is 6.61 Å². The first-order chi connectivity index (χ1) is 7.81. The average Bonchev–Trinajstić information content (AvgIpc) is 2.30. The Kier molecular flexibility index (Phi) is 3.18. The van der Waals surface area contributed by atoms with Gasteiger partial charge in [-0.2, -0.15) is 0 Å². The van der Waals surface area contributed by atoms with Gasteiger partial charge in [0.05, 0.1) is 13.2 Å². The zero-order chi connectivity index (χ0) is 11.4. The van der Waals surface area contributed by atoms with Crippen molar-refractivity contribution in [3.05, 3.63) is 18.2 Å². The van der Waals surface area contributed by atoms with Gasteiger partial charge in [0, 0.05) is 12.4 Å². The molecule has 2 aromatic rings. The van der Waals surface area contributed by atoms with Gasteiger partial charge < -0.3 is 15.6 Å². The maximum Gasteiger partial charge on any atom is 0.183 e. The van der Waals surface area contributed by atoms with Crippen LogP contribution in [0.4, 0.5) is 5.82 Å². The molecule has 0 aromatic carbocycles. The third-order valence-electron chi connectivity index (χ3n) is 1.87. The summed E-state index contributed by atoms with van der Waals surface area (Å²) in [6.07, 6.45) is 3.07. The maximum absolute atomic E-state index is 8.56. The van der Waals surface area contributed by atoms with Gasteiger partial charge in [-0.05, 0) is 0 Å². The summed E-state index contributed by atoms with van der Waals surface area (Å²) in [5, 5.41) is 8.56. The number of nitrogen functional groups attached to an aromatic ring is 1. The van der Waals surface area contributed by atoms with Gasteiger partial charge in [-0.1, -0.05) is 0 Å². The van der Waals surface area contributed by atoms with Gasteiger partial charge in [0.15, 0.2) is 17.3 Å². The average molecular weight is 221 g/mol. The summed E-state index contributed by atoms with van der Waals surface area (Å²) in [6.45, 7) is 0.391. The first-order valence-electron chi connectivity index (χ1n) is 4.73. The Labute approximate surface area is 91.3 Å². The minimum absolute atomic E-state index is 0.0388. The molecule has 7 nitrogen and oxygen atoms in total. The molecule has 2 heterocycles. The zero-order valence-electron chi connectivity index (χ0n) is 8.50. The van der Waals surface area contributed by atoms with E-state index >= 15 is 0 Å². The Morgan fingerprint density at radius 1 is 1.25 bits per heavy atom. The fourth-order valence-electron chi connectivity index (χ4n) is 1.22. The van der Waals surface area contributed by atoms with Crippen LogP contribution >= 0.6 is 0 Å². The Hall–Kier alpha value is -1.86. The fourth-order valence-corrected chi connectivity index (χ4v) is 1.22. The minimum atomic E-state index is -0.0388. The van der Waals surface area contributed by atoms with Crippen LogP contribution in [0.3, 0.4) is 0 Å². The van der Waals surface area contributed by atoms with Crippen molar-refractivity contribution in [2.24, 2.45) is 0 Å². The lowest BCUT2D eigenvalue weighted by Crippen LogP contribution is -2.06. The van der Waals surface area contributed by atoms with Crippen LogP contribution in [0.25, 0.3) is 11.2 Å². The van der Waals surface area contributed by atoms with Crippen LogP contribution in [0.5, 0.6) is 0 Å². The molecule has 0 aliphatic heterocycles. The highest BCUT2D eigenvalue weighted by molar-refractivity contribution is 5.80. The predicted octanol–water partition coefficient (Wildman–Crippen LogP) is -0.489. The van der Waals surface area contributed by atoms with Crippen LogP contribution < -0.4 is 5.73 Å². The van der Waals surface area contributed by atoms with E-state index in [9.17, 15) is 0 Å². The van der Waals surface area contributed by atoms with Crippen molar-refractivity contribution in [1.29, 1.82) is 0 Å². The second kappa shape index (κ2) is 4.77. The van der Waals surface area contributed by atoms with Gasteiger partial charge in [-0.3, -0.25) is 0 Å². The number of hydrogen-bond donors (Lipinski definition) is 2. The summed E-state index contributed by atoms with van der Waals surface area (Å²) >= 11 is 0. The molecule has 0 amide bonds. The quantitative estimate of drug-likeness (QED) is 0.671. The summed E-state index contributed by atoms with van der Waals surface area (Å²) < 4.78 is 5.09. The number of nitrogens with zero attached hydrogens (tertiary/aromatic N) is 4. The van der Waals surface area contributed by atoms with Gasteiger partial charge in [0.2, 0.25) is 0 Å². The number of aliphatic hydroxyl groups excluding tert-OH is 1. The maximum atomic E-state index is 8.56. The summed E-state index contributed by atoms with van der Waals surface area (Å²) in [4.78, 5) is 16.2. The number of fused-ring (bicyclic) bond motifs is 1. The van der Waals surface area contributed by atoms with E-state index in [2.05, 4.69) is 19.9 Å². The van der Waals surface area contributed by atoms with Crippen LogP contribution in [-0.4, -0.2) is 38.3 Å². The number of rotatable bonds is 4. The largest absolute Gasteiger partial charge is 0.394 e. The second-order valence-electron chi connectivity index (χ2n) is 3.03. The molecule has 16 heavy (non-hydrogen) atoms. The number of nitrogens with two attached hydrogens (primary N) is 1. The molecule has 0 bridgehead atoms. The van der Waals surface area contributed by atoms with E-state index in [4.69, 9.17) is 15.6 Å². The molecule has 0 atom stereocenters. The van der Waals surface area contributed by atoms with E-state index < -0.39 is 0 Å². The zero-order valence-corrected chi connectivity index (χ0v) is 8.50. The van der Waals surface area contributed by atoms with Crippen molar-refractivity contribution < 1.29 is 9.84 Å². The second-order valence-corrected chi connectivity index (χ2v) is 3.03. The van der Waals surface area contributed by atoms with Crippen molar-refractivity contribution in [3.63, 3.8) is 0 Å². The number of anilines is 1. The lowest BCUT2D eigenvalue weighted by atomic mass is 10.4. The van der Waals surface area contributed by atoms with E-state index in [1.165, 1.54) is 12.4 Å². The van der Waals surface area contributed by atoms with Crippen LogP contribution in [0.15, 0.2) is 12.4 Å². The monoisotopic (exact) mass is 221 g/mol. The van der Waals surface area contributed by atoms with Crippen molar-refractivity contribution in [1.82, 2.24) is 19.9 Å². The Bertz CT molecular complexity index is 490. The standard InChI is InChI=1S/C9H11N5O2/c10-8-7-9(12-2-1-11-7)14-6(13-8)5-16-4-3-15/h1-2,15H,3-5H2,(H2,10,12,13,14). The molecule has 3 N–H and O–H groups in total. The molecule has 0 saturated carbocycles. The Morgan fingerprint density at radius 3 is 2.88 bits per heavy atom. The van der Waals surface area contributed by atoms with E-state index in [1.54, 1.807) is 0 Å². The van der Waals surface area contributed by atoms with E-state index in [1.807, 2.05) is 0 Å². The van der Waals surface area contributed by atoms with Gasteiger partial charge >= 0.3 is 0 Å². The molecule has 84 valence electrons. The normalized spacial score (nSPS) is 10.8. The fraction of sp³-hybridized carbons (Fsp3) is 0.333. The van der Waals surface area contributed by atoms with Crippen LogP contribution in [0.2, 0.25) is 0 Å². The number of aliphatic hydroxyl groups is 1. The first-order valence-corrected chi connectivity index (χ1v) is 4.73. The topological polar surface area (TPSA) is 107 Å². The third kappa shape index (κ3) is 2.20. The SMILES string of the molecule is Nc1nc(COCCO)nc2nccnc12. The summed E-state index contributed by atoms with van der Waals surface area (Å²) in [7, 11) is 0. The van der Waals surface area contributed by atoms with Crippen LogP contribution in [0, 0.1) is 0 Å². The predicted molar refractivity (Wildman–Crippen MR) is 56.3 cm³/mol. The molecular formula is C9H11N5O2. The molecule has 0 aliphatic rings. The van der Waals surface area contributed by atoms with Crippen LogP contribution in [-0.2, 0) is 11.3 Å². The number of aromatic nitrogens is 4. The molecule has 2 aromatic heterocycles. The molecular weight excluding hydrogens is 210 g/mol. The van der Waals surface area contributed by atoms with Crippen molar-refractivity contribution in [2.75, 3.05) is 18.9 Å². The van der Waals surface area contributed by atoms with Crippen molar-refractivity contribution >= 4 is 17.0 Å². The highest BCUT2D eigenvalue weighted by Crippen LogP contribution is 2.12. The van der Waals surface area contributed by atoms with E-state index in [-0.39, 0.29) is 25.6 Å². The smallest absolute Gasteiger partial charge is 0.183 e. The van der Waals surface area contributed by atoms with Crippen LogP contribution in [0.1, 0.15) is 5.82 Å². The summed E-state index contributed by atoms with van der Waals surface area (Å²) in [6, 6.07) is 0. The third-order valence-corrected chi connectivity index (χ3v) is 1.87. The van der Waals surface area contributed by atoms with Crippen molar-refractivity contribution in [3.8, 4) is 0 Å². The lowest BCUT2D eigenvalue weighted by Gasteiger charge is -2.04. The van der Waals surface area contributed by atoms with Gasteiger partial charge in [-0.25, -0.2) is 19.9 Å². The highest BCUT2D eigenvalue weighted by Gasteiger charge is 2.06. The molecule has 0 saturated heterocycles. The first kappa shape index (κ1) is 10.7. The van der Waals surface area contributed by atoms with E-state index in [0.717, 1.165) is 0 Å². The van der Waals surface area contributed by atoms with E-state index in [0.29, 0.717) is 17.0 Å². The Morgan fingerprint density at radius 2 is 2.06 bits per heavy atom. The minimum Gasteiger partial charge on any atom is -0.394 e. The molecule has 7 heteroatoms. The lowest BCUT2D eigenvalue weighted by molar-refractivity contribution is 0.0779. The number of hydrogen-bond acceptors (Lipinski definition) is 7. The molecule has 0 unspecified atom stereocenters. The summed E-state index contributed by atoms with van der Waals surface area (Å²) in [5.41, 5.74) is 6.62. The molecule has 0 radical (unpaired) electrons. The van der Waals surface area contributed by atoms with Gasteiger partial charge in [0.25, 0.3) is 0 Å². The van der Waals surface area contributed by atoms with Gasteiger partial charge in [0.1, 0.15) is 12.1 Å². The van der Waals surface area contributed by atoms with Gasteiger partial charge in [-0.15, -0.1) is 0 Å².